The number of rotatable bonds is 1. The van der Waals surface area contributed by atoms with Crippen molar-refractivity contribution in [3.8, 4) is 11.1 Å². The Morgan fingerprint density at radius 1 is 0.550 bits per heavy atom. The quantitative estimate of drug-likeness (QED) is 0.422. The lowest BCUT2D eigenvalue weighted by Crippen LogP contribution is -1.83. The van der Waals surface area contributed by atoms with E-state index in [0.717, 1.165) is 0 Å². The standard InChI is InChI=1S/C20H13/c1-3-11-17-15(7-1)9-5-13-19(17)20-14-6-10-16-8-2-4-12-18(16)20/h1,3-14H. The predicted molar refractivity (Wildman–Crippen MR) is 85.7 cm³/mol. The van der Waals surface area contributed by atoms with Crippen LogP contribution in [-0.4, -0.2) is 0 Å². The Hall–Kier alpha value is -2.60. The minimum Gasteiger partial charge on any atom is -0.0616 e. The van der Waals surface area contributed by atoms with E-state index in [0.29, 0.717) is 0 Å². The fraction of sp³-hybridized carbons (Fsp3) is 0. The molecule has 0 spiro atoms. The summed E-state index contributed by atoms with van der Waals surface area (Å²) in [6, 6.07) is 30.8. The second kappa shape index (κ2) is 4.50. The average molecular weight is 253 g/mol. The van der Waals surface area contributed by atoms with Crippen LogP contribution >= 0.6 is 0 Å². The lowest BCUT2D eigenvalue weighted by molar-refractivity contribution is 1.68. The molecule has 0 amide bonds. The third-order valence-electron chi connectivity index (χ3n) is 3.80. The lowest BCUT2D eigenvalue weighted by Gasteiger charge is -2.10. The summed E-state index contributed by atoms with van der Waals surface area (Å²) >= 11 is 0. The first-order chi connectivity index (χ1) is 9.93. The van der Waals surface area contributed by atoms with Crippen LogP contribution in [0.3, 0.4) is 0 Å². The van der Waals surface area contributed by atoms with Gasteiger partial charge in [-0.2, -0.15) is 0 Å². The van der Waals surface area contributed by atoms with Crippen molar-refractivity contribution in [2.75, 3.05) is 0 Å². The predicted octanol–water partition coefficient (Wildman–Crippen LogP) is 5.46. The fourth-order valence-corrected chi connectivity index (χ4v) is 2.86. The van der Waals surface area contributed by atoms with Crippen LogP contribution in [0.1, 0.15) is 0 Å². The van der Waals surface area contributed by atoms with Crippen LogP contribution in [0.15, 0.2) is 78.9 Å². The van der Waals surface area contributed by atoms with Gasteiger partial charge in [-0.3, -0.25) is 0 Å². The summed E-state index contributed by atoms with van der Waals surface area (Å²) in [5, 5.41) is 5.10. The topological polar surface area (TPSA) is 0 Å². The van der Waals surface area contributed by atoms with Gasteiger partial charge in [0.05, 0.1) is 0 Å². The van der Waals surface area contributed by atoms with Crippen LogP contribution in [0.5, 0.6) is 0 Å². The SMILES string of the molecule is [c]1ccc2c(-c3cccc4ccccc34)cccc2c1. The maximum Gasteiger partial charge on any atom is -0.00992 e. The molecule has 0 aliphatic heterocycles. The minimum absolute atomic E-state index is 1.23. The number of fused-ring (bicyclic) bond motifs is 2. The molecule has 0 aliphatic rings. The van der Waals surface area contributed by atoms with Crippen LogP contribution in [0.2, 0.25) is 0 Å². The van der Waals surface area contributed by atoms with Gasteiger partial charge < -0.3 is 0 Å². The summed E-state index contributed by atoms with van der Waals surface area (Å²) in [6.45, 7) is 0. The highest BCUT2D eigenvalue weighted by atomic mass is 14.1. The zero-order chi connectivity index (χ0) is 13.4. The van der Waals surface area contributed by atoms with E-state index in [1.54, 1.807) is 0 Å². The maximum atomic E-state index is 3.15. The first kappa shape index (κ1) is 11.2. The van der Waals surface area contributed by atoms with Crippen LogP contribution < -0.4 is 0 Å². The van der Waals surface area contributed by atoms with Crippen molar-refractivity contribution in [1.82, 2.24) is 0 Å². The molecule has 0 saturated heterocycles. The van der Waals surface area contributed by atoms with Crippen LogP contribution in [0, 0.1) is 6.07 Å². The van der Waals surface area contributed by atoms with Gasteiger partial charge in [0.1, 0.15) is 0 Å². The zero-order valence-corrected chi connectivity index (χ0v) is 11.0. The molecule has 0 unspecified atom stereocenters. The van der Waals surface area contributed by atoms with E-state index < -0.39 is 0 Å². The largest absolute Gasteiger partial charge is 0.0616 e. The van der Waals surface area contributed by atoms with Crippen LogP contribution in [-0.2, 0) is 0 Å². The van der Waals surface area contributed by atoms with E-state index in [9.17, 15) is 0 Å². The number of hydrogen-bond donors (Lipinski definition) is 0. The van der Waals surface area contributed by atoms with Gasteiger partial charge in [0.15, 0.2) is 0 Å². The molecule has 4 aromatic carbocycles. The monoisotopic (exact) mass is 253 g/mol. The Labute approximate surface area is 118 Å². The first-order valence-corrected chi connectivity index (χ1v) is 6.80. The van der Waals surface area contributed by atoms with Crippen molar-refractivity contribution in [3.63, 3.8) is 0 Å². The Bertz CT molecular complexity index is 816. The molecule has 0 heterocycles. The van der Waals surface area contributed by atoms with E-state index in [-0.39, 0.29) is 0 Å². The molecule has 0 heteroatoms. The highest BCUT2D eigenvalue weighted by Crippen LogP contribution is 2.33. The summed E-state index contributed by atoms with van der Waals surface area (Å²) in [5.74, 6) is 0. The summed E-state index contributed by atoms with van der Waals surface area (Å²) in [5.41, 5.74) is 2.58. The number of benzene rings is 4. The molecule has 20 heavy (non-hydrogen) atoms. The molecular formula is C20H13. The molecule has 4 rings (SSSR count). The Morgan fingerprint density at radius 3 is 2.05 bits per heavy atom. The van der Waals surface area contributed by atoms with Gasteiger partial charge >= 0.3 is 0 Å². The van der Waals surface area contributed by atoms with Crippen molar-refractivity contribution in [1.29, 1.82) is 0 Å². The fourth-order valence-electron chi connectivity index (χ4n) is 2.86. The molecular weight excluding hydrogens is 240 g/mol. The molecule has 0 aliphatic carbocycles. The van der Waals surface area contributed by atoms with Gasteiger partial charge in [-0.1, -0.05) is 72.8 Å². The van der Waals surface area contributed by atoms with E-state index >= 15 is 0 Å². The van der Waals surface area contributed by atoms with Gasteiger partial charge in [-0.15, -0.1) is 0 Å². The maximum absolute atomic E-state index is 3.15. The average Bonchev–Trinajstić information content (AvgIpc) is 2.54. The molecule has 0 saturated carbocycles. The van der Waals surface area contributed by atoms with Crippen molar-refractivity contribution < 1.29 is 0 Å². The normalized spacial score (nSPS) is 11.0. The molecule has 93 valence electrons. The molecule has 1 radical (unpaired) electrons. The molecule has 0 N–H and O–H groups in total. The van der Waals surface area contributed by atoms with Crippen molar-refractivity contribution >= 4 is 21.5 Å². The minimum atomic E-state index is 1.23. The first-order valence-electron chi connectivity index (χ1n) is 6.80. The van der Waals surface area contributed by atoms with Crippen molar-refractivity contribution in [2.24, 2.45) is 0 Å². The molecule has 0 bridgehead atoms. The van der Waals surface area contributed by atoms with Crippen molar-refractivity contribution in [3.05, 3.63) is 84.9 Å². The number of hydrogen-bond acceptors (Lipinski definition) is 0. The smallest absolute Gasteiger partial charge is 0.00992 e. The van der Waals surface area contributed by atoms with E-state index in [1.807, 2.05) is 12.1 Å². The summed E-state index contributed by atoms with van der Waals surface area (Å²) in [7, 11) is 0. The summed E-state index contributed by atoms with van der Waals surface area (Å²) < 4.78 is 0. The second-order valence-electron chi connectivity index (χ2n) is 4.98. The van der Waals surface area contributed by atoms with E-state index in [4.69, 9.17) is 0 Å². The highest BCUT2D eigenvalue weighted by Gasteiger charge is 2.06. The van der Waals surface area contributed by atoms with Gasteiger partial charge in [0, 0.05) is 0 Å². The summed E-state index contributed by atoms with van der Waals surface area (Å²) in [6.07, 6.45) is 0. The summed E-state index contributed by atoms with van der Waals surface area (Å²) in [4.78, 5) is 0. The van der Waals surface area contributed by atoms with Crippen molar-refractivity contribution in [2.45, 2.75) is 0 Å². The van der Waals surface area contributed by atoms with Gasteiger partial charge in [0.25, 0.3) is 0 Å². The highest BCUT2D eigenvalue weighted by molar-refractivity contribution is 6.05. The van der Waals surface area contributed by atoms with E-state index in [1.165, 1.54) is 32.7 Å². The Kier molecular flexibility index (Phi) is 2.53. The second-order valence-corrected chi connectivity index (χ2v) is 4.98. The third-order valence-corrected chi connectivity index (χ3v) is 3.80. The van der Waals surface area contributed by atoms with Crippen LogP contribution in [0.25, 0.3) is 32.7 Å². The van der Waals surface area contributed by atoms with Gasteiger partial charge in [0.2, 0.25) is 0 Å². The Balaban J connectivity index is 2.12. The molecule has 0 aromatic heterocycles. The van der Waals surface area contributed by atoms with Gasteiger partial charge in [-0.25, -0.2) is 0 Å². The van der Waals surface area contributed by atoms with Crippen LogP contribution in [0.4, 0.5) is 0 Å². The lowest BCUT2D eigenvalue weighted by atomic mass is 9.94. The Morgan fingerprint density at radius 2 is 1.20 bits per heavy atom. The van der Waals surface area contributed by atoms with Gasteiger partial charge in [-0.05, 0) is 44.8 Å². The molecule has 0 atom stereocenters. The molecule has 0 nitrogen and oxygen atoms in total. The third kappa shape index (κ3) is 1.70. The molecule has 0 fully saturated rings. The zero-order valence-electron chi connectivity index (χ0n) is 11.0. The van der Waals surface area contributed by atoms with E-state index in [2.05, 4.69) is 72.8 Å². The molecule has 4 aromatic rings.